The highest BCUT2D eigenvalue weighted by molar-refractivity contribution is 5.96. The van der Waals surface area contributed by atoms with Crippen molar-refractivity contribution in [3.63, 3.8) is 0 Å². The summed E-state index contributed by atoms with van der Waals surface area (Å²) in [6.07, 6.45) is 1.45. The Balaban J connectivity index is 1.77. The second-order valence-electron chi connectivity index (χ2n) is 5.81. The molecule has 0 radical (unpaired) electrons. The topological polar surface area (TPSA) is 106 Å². The highest BCUT2D eigenvalue weighted by atomic mass is 16.5. The first-order valence-corrected chi connectivity index (χ1v) is 8.67. The van der Waals surface area contributed by atoms with Gasteiger partial charge in [-0.05, 0) is 50.2 Å². The minimum atomic E-state index is -0.420. The third kappa shape index (κ3) is 4.67. The zero-order valence-corrected chi connectivity index (χ0v) is 15.5. The average Bonchev–Trinajstić information content (AvgIpc) is 2.69. The smallest absolute Gasteiger partial charge is 0.340 e. The van der Waals surface area contributed by atoms with Crippen molar-refractivity contribution in [1.82, 2.24) is 15.2 Å². The zero-order valence-electron chi connectivity index (χ0n) is 15.5. The Morgan fingerprint density at radius 2 is 1.79 bits per heavy atom. The molecule has 0 saturated carbocycles. The van der Waals surface area contributed by atoms with Gasteiger partial charge in [0.15, 0.2) is 11.6 Å². The van der Waals surface area contributed by atoms with Crippen molar-refractivity contribution in [3.05, 3.63) is 65.9 Å². The quantitative estimate of drug-likeness (QED) is 0.474. The lowest BCUT2D eigenvalue weighted by Crippen LogP contribution is -2.09. The molecule has 0 aliphatic heterocycles. The van der Waals surface area contributed by atoms with Gasteiger partial charge in [-0.1, -0.05) is 12.1 Å². The maximum atomic E-state index is 12.1. The van der Waals surface area contributed by atoms with Gasteiger partial charge in [0.2, 0.25) is 5.95 Å². The predicted molar refractivity (Wildman–Crippen MR) is 105 cm³/mol. The molecular formula is C20H19N5O3. The summed E-state index contributed by atoms with van der Waals surface area (Å²) >= 11 is 0. The molecule has 0 spiro atoms. The summed E-state index contributed by atoms with van der Waals surface area (Å²) in [4.78, 5) is 27.8. The number of esters is 1. The van der Waals surface area contributed by atoms with Gasteiger partial charge in [0.05, 0.1) is 24.1 Å². The third-order valence-electron chi connectivity index (χ3n) is 3.79. The summed E-state index contributed by atoms with van der Waals surface area (Å²) in [6.45, 7) is 3.56. The maximum absolute atomic E-state index is 12.1. The molecule has 2 N–H and O–H groups in total. The molecule has 28 heavy (non-hydrogen) atoms. The van der Waals surface area contributed by atoms with E-state index in [1.54, 1.807) is 55.5 Å². The van der Waals surface area contributed by atoms with Crippen LogP contribution in [0.4, 0.5) is 23.1 Å². The van der Waals surface area contributed by atoms with Crippen LogP contribution in [0.2, 0.25) is 0 Å². The van der Waals surface area contributed by atoms with E-state index in [-0.39, 0.29) is 11.7 Å². The Morgan fingerprint density at radius 1 is 1.04 bits per heavy atom. The van der Waals surface area contributed by atoms with E-state index in [1.165, 1.54) is 13.1 Å². The van der Waals surface area contributed by atoms with Gasteiger partial charge in [-0.3, -0.25) is 4.79 Å². The van der Waals surface area contributed by atoms with Crippen molar-refractivity contribution >= 4 is 34.9 Å². The lowest BCUT2D eigenvalue weighted by atomic mass is 10.1. The number of para-hydroxylation sites is 1. The summed E-state index contributed by atoms with van der Waals surface area (Å²) in [7, 11) is 0. The van der Waals surface area contributed by atoms with E-state index in [4.69, 9.17) is 4.74 Å². The SMILES string of the molecule is CCOC(=O)c1ccccc1Nc1cnnc(Nc2ccc(C(C)=O)cc2)n1. The van der Waals surface area contributed by atoms with Gasteiger partial charge >= 0.3 is 5.97 Å². The molecule has 8 nitrogen and oxygen atoms in total. The van der Waals surface area contributed by atoms with Crippen LogP contribution in [-0.4, -0.2) is 33.5 Å². The van der Waals surface area contributed by atoms with Crippen molar-refractivity contribution in [2.45, 2.75) is 13.8 Å². The monoisotopic (exact) mass is 377 g/mol. The molecule has 0 saturated heterocycles. The summed E-state index contributed by atoms with van der Waals surface area (Å²) in [5.41, 5.74) is 2.29. The Morgan fingerprint density at radius 3 is 2.50 bits per heavy atom. The first-order valence-electron chi connectivity index (χ1n) is 8.67. The molecule has 0 fully saturated rings. The highest BCUT2D eigenvalue weighted by Crippen LogP contribution is 2.21. The second kappa shape index (κ2) is 8.72. The molecule has 0 atom stereocenters. The van der Waals surface area contributed by atoms with Crippen LogP contribution in [0.25, 0.3) is 0 Å². The standard InChI is InChI=1S/C20H19N5O3/c1-3-28-19(27)16-6-4-5-7-17(16)23-18-12-21-25-20(24-18)22-15-10-8-14(9-11-15)13(2)26/h4-12H,3H2,1-2H3,(H2,22,23,24,25). The van der Waals surface area contributed by atoms with E-state index in [0.29, 0.717) is 29.2 Å². The van der Waals surface area contributed by atoms with Gasteiger partial charge in [-0.15, -0.1) is 5.10 Å². The van der Waals surface area contributed by atoms with Crippen LogP contribution in [0, 0.1) is 0 Å². The third-order valence-corrected chi connectivity index (χ3v) is 3.79. The number of carbonyl (C=O) groups is 2. The van der Waals surface area contributed by atoms with Gasteiger partial charge < -0.3 is 15.4 Å². The normalized spacial score (nSPS) is 10.2. The van der Waals surface area contributed by atoms with Crippen molar-refractivity contribution < 1.29 is 14.3 Å². The van der Waals surface area contributed by atoms with E-state index in [9.17, 15) is 9.59 Å². The molecule has 0 aliphatic carbocycles. The zero-order chi connectivity index (χ0) is 19.9. The molecule has 3 rings (SSSR count). The Bertz CT molecular complexity index is 989. The molecule has 1 aromatic heterocycles. The fourth-order valence-electron chi connectivity index (χ4n) is 2.45. The van der Waals surface area contributed by atoms with Gasteiger partial charge in [0, 0.05) is 11.3 Å². The van der Waals surface area contributed by atoms with Crippen molar-refractivity contribution in [2.75, 3.05) is 17.2 Å². The fourth-order valence-corrected chi connectivity index (χ4v) is 2.45. The summed E-state index contributed by atoms with van der Waals surface area (Å²) < 4.78 is 5.07. The average molecular weight is 377 g/mol. The van der Waals surface area contributed by atoms with Crippen LogP contribution in [0.3, 0.4) is 0 Å². The van der Waals surface area contributed by atoms with E-state index in [0.717, 1.165) is 5.69 Å². The molecule has 142 valence electrons. The van der Waals surface area contributed by atoms with Crippen molar-refractivity contribution in [1.29, 1.82) is 0 Å². The van der Waals surface area contributed by atoms with Crippen LogP contribution < -0.4 is 10.6 Å². The number of aromatic nitrogens is 3. The number of Topliss-reactive ketones (excluding diaryl/α,β-unsaturated/α-hetero) is 1. The van der Waals surface area contributed by atoms with E-state index < -0.39 is 5.97 Å². The van der Waals surface area contributed by atoms with E-state index in [2.05, 4.69) is 25.8 Å². The van der Waals surface area contributed by atoms with Crippen molar-refractivity contribution in [3.8, 4) is 0 Å². The van der Waals surface area contributed by atoms with E-state index in [1.807, 2.05) is 0 Å². The van der Waals surface area contributed by atoms with Crippen molar-refractivity contribution in [2.24, 2.45) is 0 Å². The van der Waals surface area contributed by atoms with Gasteiger partial charge in [-0.2, -0.15) is 10.1 Å². The van der Waals surface area contributed by atoms with Crippen LogP contribution in [0.15, 0.2) is 54.7 Å². The number of ether oxygens (including phenoxy) is 1. The van der Waals surface area contributed by atoms with E-state index >= 15 is 0 Å². The first-order chi connectivity index (χ1) is 13.6. The molecule has 0 amide bonds. The Hall–Kier alpha value is -3.81. The number of nitrogens with one attached hydrogen (secondary N) is 2. The summed E-state index contributed by atoms with van der Waals surface area (Å²) in [5, 5.41) is 14.0. The highest BCUT2D eigenvalue weighted by Gasteiger charge is 2.13. The number of benzene rings is 2. The number of ketones is 1. The number of rotatable bonds is 7. The molecule has 2 aromatic carbocycles. The Kier molecular flexibility index (Phi) is 5.91. The predicted octanol–water partition coefficient (Wildman–Crippen LogP) is 3.74. The number of hydrogen-bond acceptors (Lipinski definition) is 8. The second-order valence-corrected chi connectivity index (χ2v) is 5.81. The van der Waals surface area contributed by atoms with Crippen LogP contribution in [0.5, 0.6) is 0 Å². The van der Waals surface area contributed by atoms with Gasteiger partial charge in [0.25, 0.3) is 0 Å². The first kappa shape index (κ1) is 19.0. The minimum absolute atomic E-state index is 0.00377. The molecule has 0 bridgehead atoms. The fraction of sp³-hybridized carbons (Fsp3) is 0.150. The number of nitrogens with zero attached hydrogens (tertiary/aromatic N) is 3. The minimum Gasteiger partial charge on any atom is -0.462 e. The number of hydrogen-bond donors (Lipinski definition) is 2. The molecule has 0 unspecified atom stereocenters. The number of anilines is 4. The summed E-state index contributed by atoms with van der Waals surface area (Å²) in [6, 6.07) is 13.9. The molecule has 8 heteroatoms. The molecule has 3 aromatic rings. The lowest BCUT2D eigenvalue weighted by Gasteiger charge is -2.11. The van der Waals surface area contributed by atoms with Crippen LogP contribution >= 0.6 is 0 Å². The summed E-state index contributed by atoms with van der Waals surface area (Å²) in [5.74, 6) is 0.260. The number of carbonyl (C=O) groups excluding carboxylic acids is 2. The lowest BCUT2D eigenvalue weighted by molar-refractivity contribution is 0.0527. The molecule has 1 heterocycles. The van der Waals surface area contributed by atoms with Crippen LogP contribution in [0.1, 0.15) is 34.6 Å². The molecular weight excluding hydrogens is 358 g/mol. The van der Waals surface area contributed by atoms with Gasteiger partial charge in [-0.25, -0.2) is 4.79 Å². The van der Waals surface area contributed by atoms with Crippen LogP contribution in [-0.2, 0) is 4.74 Å². The maximum Gasteiger partial charge on any atom is 0.340 e. The largest absolute Gasteiger partial charge is 0.462 e. The molecule has 0 aliphatic rings. The van der Waals surface area contributed by atoms with Gasteiger partial charge in [0.1, 0.15) is 0 Å². The Labute approximate surface area is 162 Å².